The molecule has 1 fully saturated rings. The molecule has 4 rings (SSSR count). The smallest absolute Gasteiger partial charge is 0.223 e. The Morgan fingerprint density at radius 1 is 1.23 bits per heavy atom. The van der Waals surface area contributed by atoms with Crippen molar-refractivity contribution in [2.24, 2.45) is 5.92 Å². The van der Waals surface area contributed by atoms with Gasteiger partial charge in [-0.3, -0.25) is 9.78 Å². The number of piperidine rings is 1. The van der Waals surface area contributed by atoms with E-state index in [1.165, 1.54) is 0 Å². The van der Waals surface area contributed by atoms with E-state index >= 15 is 0 Å². The summed E-state index contributed by atoms with van der Waals surface area (Å²) in [5.74, 6) is 0.763. The first-order chi connectivity index (χ1) is 12.8. The van der Waals surface area contributed by atoms with Crippen LogP contribution in [0.2, 0.25) is 0 Å². The number of nitrogens with zero attached hydrogens (tertiary/aromatic N) is 4. The van der Waals surface area contributed by atoms with Gasteiger partial charge in [-0.15, -0.1) is 0 Å². The quantitative estimate of drug-likeness (QED) is 0.917. The molecule has 26 heavy (non-hydrogen) atoms. The van der Waals surface area contributed by atoms with Crippen LogP contribution >= 0.6 is 0 Å². The molecule has 2 aliphatic rings. The van der Waals surface area contributed by atoms with Crippen LogP contribution in [0.25, 0.3) is 0 Å². The largest absolute Gasteiger partial charge is 0.348 e. The number of carbonyl (C=O) groups is 1. The molecule has 138 valence electrons. The lowest BCUT2D eigenvalue weighted by atomic mass is 9.91. The number of amides is 1. The third-order valence-electron chi connectivity index (χ3n) is 5.88. The average Bonchev–Trinajstić information content (AvgIpc) is 3.17. The molecule has 2 aromatic rings. The summed E-state index contributed by atoms with van der Waals surface area (Å²) in [6.45, 7) is 6.30. The van der Waals surface area contributed by atoms with E-state index in [4.69, 9.17) is 0 Å². The van der Waals surface area contributed by atoms with Crippen molar-refractivity contribution in [3.63, 3.8) is 0 Å². The first-order valence-electron chi connectivity index (χ1n) is 9.70. The van der Waals surface area contributed by atoms with E-state index in [2.05, 4.69) is 26.8 Å². The van der Waals surface area contributed by atoms with Gasteiger partial charge in [0.25, 0.3) is 0 Å². The average molecular weight is 353 g/mol. The maximum atomic E-state index is 13.2. The van der Waals surface area contributed by atoms with Crippen LogP contribution in [0.4, 0.5) is 0 Å². The van der Waals surface area contributed by atoms with E-state index in [1.54, 1.807) is 18.7 Å². The van der Waals surface area contributed by atoms with Crippen LogP contribution in [-0.2, 0) is 11.2 Å². The van der Waals surface area contributed by atoms with E-state index in [1.807, 2.05) is 17.0 Å². The second-order valence-corrected chi connectivity index (χ2v) is 7.37. The minimum atomic E-state index is -0.101. The molecule has 1 amide bonds. The minimum Gasteiger partial charge on any atom is -0.348 e. The zero-order valence-corrected chi connectivity index (χ0v) is 15.4. The molecule has 0 bridgehead atoms. The van der Waals surface area contributed by atoms with Gasteiger partial charge in [0.05, 0.1) is 12.0 Å². The van der Waals surface area contributed by atoms with Crippen LogP contribution in [0.3, 0.4) is 0 Å². The van der Waals surface area contributed by atoms with Crippen LogP contribution in [0.15, 0.2) is 30.9 Å². The number of likely N-dealkylation sites (tertiary alicyclic amines) is 1. The Hall–Kier alpha value is -2.21. The summed E-state index contributed by atoms with van der Waals surface area (Å²) in [6.07, 6.45) is 9.07. The van der Waals surface area contributed by atoms with E-state index < -0.39 is 0 Å². The Bertz CT molecular complexity index is 736. The predicted molar refractivity (Wildman–Crippen MR) is 99.5 cm³/mol. The Balaban J connectivity index is 1.52. The molecule has 0 unspecified atom stereocenters. The molecule has 1 N–H and O–H groups in total. The van der Waals surface area contributed by atoms with Gasteiger partial charge in [0.1, 0.15) is 6.04 Å². The zero-order chi connectivity index (χ0) is 17.9. The molecule has 0 aromatic carbocycles. The Kier molecular flexibility index (Phi) is 5.02. The summed E-state index contributed by atoms with van der Waals surface area (Å²) < 4.78 is 0. The number of aromatic amines is 1. The van der Waals surface area contributed by atoms with Crippen molar-refractivity contribution >= 4 is 5.91 Å². The summed E-state index contributed by atoms with van der Waals surface area (Å²) in [5, 5.41) is 0. The SMILES string of the molecule is CCN1CCC(CC(=O)N2CCc3[nH]cnc3[C@@H]2c2ccncc2)CC1. The number of H-pyrrole nitrogens is 1. The highest BCUT2D eigenvalue weighted by Crippen LogP contribution is 2.34. The fourth-order valence-electron chi connectivity index (χ4n) is 4.30. The van der Waals surface area contributed by atoms with Crippen LogP contribution in [0.1, 0.15) is 49.2 Å². The molecule has 0 radical (unpaired) electrons. The van der Waals surface area contributed by atoms with Gasteiger partial charge in [0, 0.05) is 37.5 Å². The molecule has 0 saturated carbocycles. The first kappa shape index (κ1) is 17.2. The van der Waals surface area contributed by atoms with Crippen LogP contribution in [-0.4, -0.2) is 56.8 Å². The van der Waals surface area contributed by atoms with Crippen LogP contribution in [0, 0.1) is 5.92 Å². The summed E-state index contributed by atoms with van der Waals surface area (Å²) in [4.78, 5) is 29.6. The van der Waals surface area contributed by atoms with E-state index in [9.17, 15) is 4.79 Å². The molecular formula is C20H27N5O. The zero-order valence-electron chi connectivity index (χ0n) is 15.4. The summed E-state index contributed by atoms with van der Waals surface area (Å²) in [5.41, 5.74) is 3.21. The highest BCUT2D eigenvalue weighted by Gasteiger charge is 2.35. The van der Waals surface area contributed by atoms with E-state index in [0.717, 1.165) is 62.4 Å². The lowest BCUT2D eigenvalue weighted by Crippen LogP contribution is -2.42. The first-order valence-corrected chi connectivity index (χ1v) is 9.70. The number of rotatable bonds is 4. The number of hydrogen-bond acceptors (Lipinski definition) is 4. The third kappa shape index (κ3) is 3.38. The van der Waals surface area contributed by atoms with Gasteiger partial charge >= 0.3 is 0 Å². The lowest BCUT2D eigenvalue weighted by Gasteiger charge is -2.37. The molecule has 1 saturated heterocycles. The summed E-state index contributed by atoms with van der Waals surface area (Å²) in [7, 11) is 0. The second kappa shape index (κ2) is 7.58. The summed E-state index contributed by atoms with van der Waals surface area (Å²) >= 11 is 0. The topological polar surface area (TPSA) is 65.1 Å². The van der Waals surface area contributed by atoms with Crippen molar-refractivity contribution < 1.29 is 4.79 Å². The lowest BCUT2D eigenvalue weighted by molar-refractivity contribution is -0.134. The molecule has 0 spiro atoms. The standard InChI is InChI=1S/C20H27N5O/c1-2-24-10-5-15(6-11-24)13-18(26)25-12-7-17-19(23-14-22-17)20(25)16-3-8-21-9-4-16/h3-4,8-9,14-15,20H,2,5-7,10-13H2,1H3,(H,22,23)/t20-/m0/s1. The predicted octanol–water partition coefficient (Wildman–Crippen LogP) is 2.40. The monoisotopic (exact) mass is 353 g/mol. The number of nitrogens with one attached hydrogen (secondary N) is 1. The third-order valence-corrected chi connectivity index (χ3v) is 5.88. The number of imidazole rings is 1. The van der Waals surface area contributed by atoms with Gasteiger partial charge in [-0.1, -0.05) is 6.92 Å². The van der Waals surface area contributed by atoms with Gasteiger partial charge in [0.2, 0.25) is 5.91 Å². The highest BCUT2D eigenvalue weighted by atomic mass is 16.2. The fourth-order valence-corrected chi connectivity index (χ4v) is 4.30. The fraction of sp³-hybridized carbons (Fsp3) is 0.550. The normalized spacial score (nSPS) is 21.6. The van der Waals surface area contributed by atoms with Crippen molar-refractivity contribution in [3.8, 4) is 0 Å². The van der Waals surface area contributed by atoms with E-state index in [0.29, 0.717) is 12.3 Å². The van der Waals surface area contributed by atoms with Crippen molar-refractivity contribution in [1.82, 2.24) is 24.8 Å². The van der Waals surface area contributed by atoms with Gasteiger partial charge in [-0.05, 0) is 56.1 Å². The minimum absolute atomic E-state index is 0.101. The van der Waals surface area contributed by atoms with E-state index in [-0.39, 0.29) is 11.9 Å². The van der Waals surface area contributed by atoms with Gasteiger partial charge in [0.15, 0.2) is 0 Å². The molecule has 1 atom stereocenters. The maximum absolute atomic E-state index is 13.2. The number of carbonyl (C=O) groups excluding carboxylic acids is 1. The Morgan fingerprint density at radius 2 is 2.00 bits per heavy atom. The van der Waals surface area contributed by atoms with Gasteiger partial charge < -0.3 is 14.8 Å². The molecule has 2 aliphatic heterocycles. The van der Waals surface area contributed by atoms with Crippen LogP contribution < -0.4 is 0 Å². The molecular weight excluding hydrogens is 326 g/mol. The number of hydrogen-bond donors (Lipinski definition) is 1. The molecule has 0 aliphatic carbocycles. The second-order valence-electron chi connectivity index (χ2n) is 7.37. The highest BCUT2D eigenvalue weighted by molar-refractivity contribution is 5.78. The number of fused-ring (bicyclic) bond motifs is 1. The molecule has 2 aromatic heterocycles. The Labute approximate surface area is 154 Å². The molecule has 6 heteroatoms. The van der Waals surface area contributed by atoms with Crippen molar-refractivity contribution in [3.05, 3.63) is 47.8 Å². The molecule has 6 nitrogen and oxygen atoms in total. The van der Waals surface area contributed by atoms with Crippen LogP contribution in [0.5, 0.6) is 0 Å². The number of aromatic nitrogens is 3. The van der Waals surface area contributed by atoms with Crippen molar-refractivity contribution in [1.29, 1.82) is 0 Å². The van der Waals surface area contributed by atoms with Gasteiger partial charge in [-0.25, -0.2) is 4.98 Å². The summed E-state index contributed by atoms with van der Waals surface area (Å²) in [6, 6.07) is 3.89. The Morgan fingerprint density at radius 3 is 2.73 bits per heavy atom. The van der Waals surface area contributed by atoms with Crippen molar-refractivity contribution in [2.45, 2.75) is 38.6 Å². The van der Waals surface area contributed by atoms with Gasteiger partial charge in [-0.2, -0.15) is 0 Å². The van der Waals surface area contributed by atoms with Crippen molar-refractivity contribution in [2.75, 3.05) is 26.2 Å². The molecule has 4 heterocycles. The number of pyridine rings is 1. The maximum Gasteiger partial charge on any atom is 0.223 e.